The van der Waals surface area contributed by atoms with E-state index in [1.54, 1.807) is 12.5 Å². The van der Waals surface area contributed by atoms with Gasteiger partial charge in [0.25, 0.3) is 0 Å². The quantitative estimate of drug-likeness (QED) is 0.622. The molecule has 0 amide bonds. The molecule has 3 heteroatoms. The van der Waals surface area contributed by atoms with Gasteiger partial charge < -0.3 is 4.42 Å². The van der Waals surface area contributed by atoms with Crippen molar-refractivity contribution in [3.05, 3.63) is 30.0 Å². The van der Waals surface area contributed by atoms with E-state index in [1.165, 1.54) is 11.3 Å². The van der Waals surface area contributed by atoms with Gasteiger partial charge in [-0.15, -0.1) is 11.3 Å². The van der Waals surface area contributed by atoms with Crippen molar-refractivity contribution in [1.29, 1.82) is 0 Å². The van der Waals surface area contributed by atoms with Gasteiger partial charge in [-0.05, 0) is 12.1 Å². The first-order valence-electron chi connectivity index (χ1n) is 2.82. The number of hydrogen-bond acceptors (Lipinski definition) is 3. The van der Waals surface area contributed by atoms with E-state index in [2.05, 4.69) is 10.4 Å². The number of aromatic nitrogens is 1. The third kappa shape index (κ3) is 0.844. The second-order valence-electron chi connectivity index (χ2n) is 1.75. The van der Waals surface area contributed by atoms with Gasteiger partial charge in [0, 0.05) is 5.38 Å². The monoisotopic (exact) mass is 150 g/mol. The Labute approximate surface area is 62.1 Å². The van der Waals surface area contributed by atoms with Crippen molar-refractivity contribution in [3.8, 4) is 10.8 Å². The van der Waals surface area contributed by atoms with Crippen molar-refractivity contribution in [2.24, 2.45) is 0 Å². The van der Waals surface area contributed by atoms with Crippen LogP contribution in [0.3, 0.4) is 0 Å². The third-order valence-corrected chi connectivity index (χ3v) is 1.90. The topological polar surface area (TPSA) is 26.0 Å². The lowest BCUT2D eigenvalue weighted by Crippen LogP contribution is -1.65. The minimum atomic E-state index is 0.672. The van der Waals surface area contributed by atoms with Gasteiger partial charge in [0.2, 0.25) is 5.89 Å². The van der Waals surface area contributed by atoms with Crippen LogP contribution in [0, 0.1) is 5.38 Å². The molecule has 0 bridgehead atoms. The molecular weight excluding hydrogens is 146 g/mol. The Morgan fingerprint density at radius 1 is 1.60 bits per heavy atom. The van der Waals surface area contributed by atoms with E-state index in [0.29, 0.717) is 5.89 Å². The molecule has 2 nitrogen and oxygen atoms in total. The van der Waals surface area contributed by atoms with Crippen molar-refractivity contribution < 1.29 is 4.42 Å². The second-order valence-corrected chi connectivity index (χ2v) is 2.63. The van der Waals surface area contributed by atoms with Crippen LogP contribution in [0.2, 0.25) is 0 Å². The number of hydrogen-bond donors (Lipinski definition) is 0. The fraction of sp³-hybridized carbons (Fsp3) is 0. The van der Waals surface area contributed by atoms with Gasteiger partial charge >= 0.3 is 0 Å². The van der Waals surface area contributed by atoms with Crippen LogP contribution >= 0.6 is 11.3 Å². The number of thiophene rings is 1. The number of rotatable bonds is 1. The minimum absolute atomic E-state index is 0.672. The molecular formula is C7H4NOS. The summed E-state index contributed by atoms with van der Waals surface area (Å²) < 4.78 is 5.06. The Balaban J connectivity index is 2.48. The van der Waals surface area contributed by atoms with Crippen LogP contribution in [-0.2, 0) is 0 Å². The van der Waals surface area contributed by atoms with Gasteiger partial charge in [0.1, 0.15) is 6.26 Å². The predicted octanol–water partition coefficient (Wildman–Crippen LogP) is 2.20. The van der Waals surface area contributed by atoms with Crippen molar-refractivity contribution in [1.82, 2.24) is 4.98 Å². The summed E-state index contributed by atoms with van der Waals surface area (Å²) in [5, 5.41) is 2.96. The van der Waals surface area contributed by atoms with E-state index in [1.807, 2.05) is 12.1 Å². The van der Waals surface area contributed by atoms with E-state index in [-0.39, 0.29) is 0 Å². The van der Waals surface area contributed by atoms with E-state index in [0.717, 1.165) is 4.88 Å². The molecule has 2 aromatic rings. The van der Waals surface area contributed by atoms with Crippen molar-refractivity contribution in [3.63, 3.8) is 0 Å². The summed E-state index contributed by atoms with van der Waals surface area (Å²) in [5.74, 6) is 0.672. The smallest absolute Gasteiger partial charge is 0.236 e. The number of oxazole rings is 1. The van der Waals surface area contributed by atoms with Crippen LogP contribution in [-0.4, -0.2) is 4.98 Å². The maximum absolute atomic E-state index is 5.06. The molecule has 0 aliphatic rings. The second kappa shape index (κ2) is 2.27. The molecule has 0 saturated heterocycles. The Kier molecular flexibility index (Phi) is 1.29. The highest BCUT2D eigenvalue weighted by molar-refractivity contribution is 7.12. The Morgan fingerprint density at radius 2 is 2.60 bits per heavy atom. The van der Waals surface area contributed by atoms with Crippen LogP contribution in [0.5, 0.6) is 0 Å². The molecule has 0 unspecified atom stereocenters. The highest BCUT2D eigenvalue weighted by atomic mass is 32.1. The lowest BCUT2D eigenvalue weighted by molar-refractivity contribution is 0.576. The maximum Gasteiger partial charge on any atom is 0.236 e. The molecule has 10 heavy (non-hydrogen) atoms. The summed E-state index contributed by atoms with van der Waals surface area (Å²) in [6.45, 7) is 0. The van der Waals surface area contributed by atoms with Crippen molar-refractivity contribution in [2.75, 3.05) is 0 Å². The molecule has 0 aliphatic heterocycles. The molecule has 0 atom stereocenters. The predicted molar refractivity (Wildman–Crippen MR) is 38.7 cm³/mol. The summed E-state index contributed by atoms with van der Waals surface area (Å²) >= 11 is 1.50. The molecule has 0 spiro atoms. The van der Waals surface area contributed by atoms with Crippen LogP contribution in [0.25, 0.3) is 10.8 Å². The Hall–Kier alpha value is -1.09. The molecule has 49 valence electrons. The van der Waals surface area contributed by atoms with Gasteiger partial charge in [-0.25, -0.2) is 4.98 Å². The molecule has 2 aromatic heterocycles. The van der Waals surface area contributed by atoms with Gasteiger partial charge in [0.15, 0.2) is 0 Å². The first-order valence-corrected chi connectivity index (χ1v) is 3.64. The van der Waals surface area contributed by atoms with E-state index in [4.69, 9.17) is 4.42 Å². The zero-order valence-electron chi connectivity index (χ0n) is 5.07. The normalized spacial score (nSPS) is 10.0. The van der Waals surface area contributed by atoms with Gasteiger partial charge in [-0.3, -0.25) is 0 Å². The van der Waals surface area contributed by atoms with Crippen LogP contribution in [0.1, 0.15) is 0 Å². The average Bonchev–Trinajstić information content (AvgIpc) is 2.59. The lowest BCUT2D eigenvalue weighted by Gasteiger charge is -1.82. The van der Waals surface area contributed by atoms with E-state index < -0.39 is 0 Å². The van der Waals surface area contributed by atoms with Gasteiger partial charge in [-0.1, -0.05) is 0 Å². The molecule has 0 aromatic carbocycles. The Morgan fingerprint density at radius 3 is 3.20 bits per heavy atom. The average molecular weight is 150 g/mol. The van der Waals surface area contributed by atoms with Crippen LogP contribution in [0.15, 0.2) is 29.0 Å². The van der Waals surface area contributed by atoms with Gasteiger partial charge in [0.05, 0.1) is 11.1 Å². The van der Waals surface area contributed by atoms with Crippen molar-refractivity contribution in [2.45, 2.75) is 0 Å². The van der Waals surface area contributed by atoms with Gasteiger partial charge in [-0.2, -0.15) is 0 Å². The third-order valence-electron chi connectivity index (χ3n) is 1.11. The molecule has 2 heterocycles. The zero-order valence-corrected chi connectivity index (χ0v) is 5.89. The molecule has 0 N–H and O–H groups in total. The summed E-state index contributed by atoms with van der Waals surface area (Å²) in [7, 11) is 0. The van der Waals surface area contributed by atoms with Crippen molar-refractivity contribution >= 4 is 11.3 Å². The fourth-order valence-corrected chi connectivity index (χ4v) is 1.29. The summed E-state index contributed by atoms with van der Waals surface area (Å²) in [6, 6.07) is 3.78. The molecule has 0 aliphatic carbocycles. The van der Waals surface area contributed by atoms with E-state index in [9.17, 15) is 0 Å². The maximum atomic E-state index is 5.06. The highest BCUT2D eigenvalue weighted by Crippen LogP contribution is 2.21. The fourth-order valence-electron chi connectivity index (χ4n) is 0.701. The van der Waals surface area contributed by atoms with Crippen LogP contribution < -0.4 is 0 Å². The standard InChI is InChI=1S/C7H4NOS/c1-2-6(10-5-1)7-8-3-4-9-7/h1-4H. The zero-order chi connectivity index (χ0) is 6.81. The Bertz CT molecular complexity index is 253. The lowest BCUT2D eigenvalue weighted by atomic mass is 10.5. The summed E-state index contributed by atoms with van der Waals surface area (Å²) in [5.41, 5.74) is 0. The summed E-state index contributed by atoms with van der Waals surface area (Å²) in [6.07, 6.45) is 3.20. The first kappa shape index (κ1) is 5.68. The molecule has 0 saturated carbocycles. The first-order chi connectivity index (χ1) is 4.97. The van der Waals surface area contributed by atoms with Crippen LogP contribution in [0.4, 0.5) is 0 Å². The molecule has 2 rings (SSSR count). The number of nitrogens with zero attached hydrogens (tertiary/aromatic N) is 1. The summed E-state index contributed by atoms with van der Waals surface area (Å²) in [4.78, 5) is 5.00. The molecule has 0 fully saturated rings. The highest BCUT2D eigenvalue weighted by Gasteiger charge is 2.00. The SMILES string of the molecule is [c]1ccc(-c2ncco2)s1. The minimum Gasteiger partial charge on any atom is -0.444 e. The van der Waals surface area contributed by atoms with E-state index >= 15 is 0 Å². The molecule has 1 radical (unpaired) electrons. The largest absolute Gasteiger partial charge is 0.444 e.